The van der Waals surface area contributed by atoms with Gasteiger partial charge in [0.2, 0.25) is 10.0 Å². The van der Waals surface area contributed by atoms with E-state index in [9.17, 15) is 8.42 Å². The van der Waals surface area contributed by atoms with E-state index < -0.39 is 10.0 Å². The highest BCUT2D eigenvalue weighted by molar-refractivity contribution is 7.89. The van der Waals surface area contributed by atoms with Crippen molar-refractivity contribution in [3.63, 3.8) is 0 Å². The molecule has 0 saturated carbocycles. The predicted molar refractivity (Wildman–Crippen MR) is 78.1 cm³/mol. The Bertz CT molecular complexity index is 654. The maximum atomic E-state index is 12.3. The Morgan fingerprint density at radius 1 is 1.00 bits per heavy atom. The molecule has 106 valence electrons. The molecule has 0 bridgehead atoms. The van der Waals surface area contributed by atoms with Gasteiger partial charge >= 0.3 is 0 Å². The van der Waals surface area contributed by atoms with Gasteiger partial charge in [-0.15, -0.1) is 0 Å². The maximum Gasteiger partial charge on any atom is 0.244 e. The quantitative estimate of drug-likeness (QED) is 0.890. The first kappa shape index (κ1) is 14.6. The Labute approximate surface area is 119 Å². The number of nitrogens with one attached hydrogen (secondary N) is 1. The van der Waals surface area contributed by atoms with Crippen molar-refractivity contribution in [1.29, 1.82) is 0 Å². The lowest BCUT2D eigenvalue weighted by atomic mass is 10.2. The number of hydrogen-bond acceptors (Lipinski definition) is 3. The van der Waals surface area contributed by atoms with Crippen molar-refractivity contribution < 1.29 is 13.2 Å². The Hall–Kier alpha value is -1.85. The van der Waals surface area contributed by atoms with Gasteiger partial charge in [-0.05, 0) is 24.6 Å². The zero-order valence-corrected chi connectivity index (χ0v) is 12.1. The SMILES string of the molecule is CCOc1ccccc1S(=O)(=O)NCc1ccccc1. The minimum atomic E-state index is -3.59. The van der Waals surface area contributed by atoms with Gasteiger partial charge in [-0.3, -0.25) is 0 Å². The van der Waals surface area contributed by atoms with Gasteiger partial charge in [-0.1, -0.05) is 42.5 Å². The highest BCUT2D eigenvalue weighted by Crippen LogP contribution is 2.23. The Morgan fingerprint density at radius 2 is 1.65 bits per heavy atom. The average molecular weight is 291 g/mol. The Morgan fingerprint density at radius 3 is 2.35 bits per heavy atom. The first-order valence-corrected chi connectivity index (χ1v) is 7.87. The number of ether oxygens (including phenoxy) is 1. The minimum Gasteiger partial charge on any atom is -0.492 e. The van der Waals surface area contributed by atoms with Crippen LogP contribution in [-0.2, 0) is 16.6 Å². The van der Waals surface area contributed by atoms with E-state index in [2.05, 4.69) is 4.72 Å². The van der Waals surface area contributed by atoms with Crippen LogP contribution in [-0.4, -0.2) is 15.0 Å². The third-order valence-corrected chi connectivity index (χ3v) is 4.19. The fourth-order valence-corrected chi connectivity index (χ4v) is 2.96. The second-order valence-electron chi connectivity index (χ2n) is 4.19. The molecule has 2 aromatic rings. The molecule has 0 heterocycles. The summed E-state index contributed by atoms with van der Waals surface area (Å²) >= 11 is 0. The van der Waals surface area contributed by atoms with Gasteiger partial charge in [0.05, 0.1) is 6.61 Å². The maximum absolute atomic E-state index is 12.3. The van der Waals surface area contributed by atoms with E-state index in [-0.39, 0.29) is 11.4 Å². The van der Waals surface area contributed by atoms with Gasteiger partial charge in [0.25, 0.3) is 0 Å². The van der Waals surface area contributed by atoms with Crippen molar-refractivity contribution in [2.75, 3.05) is 6.61 Å². The lowest BCUT2D eigenvalue weighted by Gasteiger charge is -2.11. The van der Waals surface area contributed by atoms with Crippen LogP contribution in [0.15, 0.2) is 59.5 Å². The number of para-hydroxylation sites is 1. The van der Waals surface area contributed by atoms with E-state index >= 15 is 0 Å². The molecule has 20 heavy (non-hydrogen) atoms. The minimum absolute atomic E-state index is 0.165. The number of benzene rings is 2. The van der Waals surface area contributed by atoms with Crippen LogP contribution in [0.2, 0.25) is 0 Å². The van der Waals surface area contributed by atoms with E-state index in [4.69, 9.17) is 4.74 Å². The van der Waals surface area contributed by atoms with E-state index in [0.29, 0.717) is 12.4 Å². The smallest absolute Gasteiger partial charge is 0.244 e. The standard InChI is InChI=1S/C15H17NO3S/c1-2-19-14-10-6-7-11-15(14)20(17,18)16-12-13-8-4-3-5-9-13/h3-11,16H,2,12H2,1H3. The van der Waals surface area contributed by atoms with E-state index in [1.54, 1.807) is 24.3 Å². The fraction of sp³-hybridized carbons (Fsp3) is 0.200. The lowest BCUT2D eigenvalue weighted by Crippen LogP contribution is -2.23. The molecular weight excluding hydrogens is 274 g/mol. The number of hydrogen-bond donors (Lipinski definition) is 1. The first-order valence-electron chi connectivity index (χ1n) is 6.39. The molecule has 0 aliphatic heterocycles. The van der Waals surface area contributed by atoms with Crippen molar-refractivity contribution >= 4 is 10.0 Å². The molecule has 0 fully saturated rings. The Balaban J connectivity index is 2.18. The lowest BCUT2D eigenvalue weighted by molar-refractivity contribution is 0.331. The summed E-state index contributed by atoms with van der Waals surface area (Å²) in [5, 5.41) is 0. The molecule has 0 aliphatic carbocycles. The van der Waals surface area contributed by atoms with Crippen LogP contribution in [0.5, 0.6) is 5.75 Å². The molecule has 0 spiro atoms. The fourth-order valence-electron chi connectivity index (χ4n) is 1.80. The van der Waals surface area contributed by atoms with Crippen LogP contribution in [0, 0.1) is 0 Å². The van der Waals surface area contributed by atoms with Gasteiger partial charge in [0, 0.05) is 6.54 Å². The summed E-state index contributed by atoms with van der Waals surface area (Å²) in [6, 6.07) is 16.0. The molecule has 0 saturated heterocycles. The summed E-state index contributed by atoms with van der Waals surface area (Å²) in [5.41, 5.74) is 0.907. The molecule has 0 amide bonds. The first-order chi connectivity index (χ1) is 9.63. The summed E-state index contributed by atoms with van der Waals surface area (Å²) in [4.78, 5) is 0.165. The van der Waals surface area contributed by atoms with E-state index in [0.717, 1.165) is 5.56 Å². The summed E-state index contributed by atoms with van der Waals surface area (Å²) in [6.07, 6.45) is 0. The molecular formula is C15H17NO3S. The molecule has 0 radical (unpaired) electrons. The van der Waals surface area contributed by atoms with Crippen LogP contribution in [0.3, 0.4) is 0 Å². The largest absolute Gasteiger partial charge is 0.492 e. The highest BCUT2D eigenvalue weighted by Gasteiger charge is 2.18. The van der Waals surface area contributed by atoms with Crippen LogP contribution in [0.1, 0.15) is 12.5 Å². The predicted octanol–water partition coefficient (Wildman–Crippen LogP) is 2.56. The van der Waals surface area contributed by atoms with Gasteiger partial charge in [0.1, 0.15) is 10.6 Å². The van der Waals surface area contributed by atoms with Crippen LogP contribution >= 0.6 is 0 Å². The normalized spacial score (nSPS) is 11.2. The Kier molecular flexibility index (Phi) is 4.76. The molecule has 0 aliphatic rings. The van der Waals surface area contributed by atoms with Crippen LogP contribution in [0.25, 0.3) is 0 Å². The van der Waals surface area contributed by atoms with Crippen molar-refractivity contribution in [3.8, 4) is 5.75 Å². The number of sulfonamides is 1. The second kappa shape index (κ2) is 6.54. The van der Waals surface area contributed by atoms with Gasteiger partial charge < -0.3 is 4.74 Å². The van der Waals surface area contributed by atoms with Crippen molar-refractivity contribution in [2.24, 2.45) is 0 Å². The monoisotopic (exact) mass is 291 g/mol. The van der Waals surface area contributed by atoms with Crippen molar-refractivity contribution in [3.05, 3.63) is 60.2 Å². The topological polar surface area (TPSA) is 55.4 Å². The summed E-state index contributed by atoms with van der Waals surface area (Å²) in [5.74, 6) is 0.371. The molecule has 1 N–H and O–H groups in total. The zero-order valence-electron chi connectivity index (χ0n) is 11.2. The van der Waals surface area contributed by atoms with Crippen LogP contribution in [0.4, 0.5) is 0 Å². The third kappa shape index (κ3) is 3.59. The van der Waals surface area contributed by atoms with E-state index in [1.165, 1.54) is 0 Å². The van der Waals surface area contributed by atoms with E-state index in [1.807, 2.05) is 37.3 Å². The molecule has 4 nitrogen and oxygen atoms in total. The molecule has 2 aromatic carbocycles. The molecule has 0 unspecified atom stereocenters. The van der Waals surface area contributed by atoms with Gasteiger partial charge in [-0.25, -0.2) is 13.1 Å². The van der Waals surface area contributed by atoms with Gasteiger partial charge in [-0.2, -0.15) is 0 Å². The average Bonchev–Trinajstić information content (AvgIpc) is 2.47. The second-order valence-corrected chi connectivity index (χ2v) is 5.93. The van der Waals surface area contributed by atoms with Crippen LogP contribution < -0.4 is 9.46 Å². The van der Waals surface area contributed by atoms with Gasteiger partial charge in [0.15, 0.2) is 0 Å². The molecule has 0 aromatic heterocycles. The number of rotatable bonds is 6. The summed E-state index contributed by atoms with van der Waals surface area (Å²) in [6.45, 7) is 2.50. The molecule has 5 heteroatoms. The highest BCUT2D eigenvalue weighted by atomic mass is 32.2. The zero-order chi connectivity index (χ0) is 14.4. The third-order valence-electron chi connectivity index (χ3n) is 2.75. The molecule has 0 atom stereocenters. The van der Waals surface area contributed by atoms with Crippen molar-refractivity contribution in [1.82, 2.24) is 4.72 Å². The van der Waals surface area contributed by atoms with Crippen molar-refractivity contribution in [2.45, 2.75) is 18.4 Å². The summed E-state index contributed by atoms with van der Waals surface area (Å²) < 4.78 is 32.6. The summed E-state index contributed by atoms with van der Waals surface area (Å²) in [7, 11) is -3.59. The molecule has 2 rings (SSSR count).